The number of hydrogen-bond acceptors (Lipinski definition) is 3. The second-order valence-electron chi connectivity index (χ2n) is 3.92. The molecule has 1 aliphatic heterocycles. The van der Waals surface area contributed by atoms with Crippen molar-refractivity contribution in [2.24, 2.45) is 0 Å². The summed E-state index contributed by atoms with van der Waals surface area (Å²) in [6, 6.07) is 8.08. The minimum absolute atomic E-state index is 0.133. The van der Waals surface area contributed by atoms with Crippen LogP contribution in [0.1, 0.15) is 11.6 Å². The molecule has 0 bridgehead atoms. The van der Waals surface area contributed by atoms with Crippen molar-refractivity contribution >= 4 is 28.6 Å². The fourth-order valence-corrected chi connectivity index (χ4v) is 2.81. The lowest BCUT2D eigenvalue weighted by Crippen LogP contribution is -2.14. The van der Waals surface area contributed by atoms with E-state index in [1.807, 2.05) is 18.2 Å². The molecule has 1 aromatic rings. The summed E-state index contributed by atoms with van der Waals surface area (Å²) in [6.45, 7) is 4.42. The average molecular weight is 343 g/mol. The summed E-state index contributed by atoms with van der Waals surface area (Å²) in [7, 11) is 1.43. The van der Waals surface area contributed by atoms with Gasteiger partial charge in [0.25, 0.3) is 0 Å². The molecule has 90 valence electrons. The molecule has 1 saturated heterocycles. The first-order valence-electron chi connectivity index (χ1n) is 5.39. The lowest BCUT2D eigenvalue weighted by molar-refractivity contribution is -0.140. The van der Waals surface area contributed by atoms with E-state index >= 15 is 0 Å². The lowest BCUT2D eigenvalue weighted by Gasteiger charge is -2.02. The number of methoxy groups -OCH3 is 1. The molecule has 0 amide bonds. The lowest BCUT2D eigenvalue weighted by atomic mass is 10.1. The molecule has 0 radical (unpaired) electrons. The van der Waals surface area contributed by atoms with Gasteiger partial charge in [0.2, 0.25) is 0 Å². The van der Waals surface area contributed by atoms with E-state index in [4.69, 9.17) is 4.74 Å². The molecule has 3 nitrogen and oxygen atoms in total. The zero-order valence-electron chi connectivity index (χ0n) is 9.60. The van der Waals surface area contributed by atoms with Crippen molar-refractivity contribution in [3.63, 3.8) is 0 Å². The number of ether oxygens (including phenoxy) is 1. The number of nitrogens with zero attached hydrogens (tertiary/aromatic N) is 1. The summed E-state index contributed by atoms with van der Waals surface area (Å²) in [5.74, 6) is -0.170. The van der Waals surface area contributed by atoms with E-state index in [0.29, 0.717) is 6.54 Å². The van der Waals surface area contributed by atoms with Gasteiger partial charge in [-0.05, 0) is 34.2 Å². The van der Waals surface area contributed by atoms with Gasteiger partial charge >= 0.3 is 5.97 Å². The summed E-state index contributed by atoms with van der Waals surface area (Å²) >= 11 is 2.29. The van der Waals surface area contributed by atoms with Crippen LogP contribution in [0.25, 0.3) is 0 Å². The van der Waals surface area contributed by atoms with Crippen LogP contribution in [0.2, 0.25) is 0 Å². The third-order valence-corrected chi connectivity index (χ3v) is 3.91. The Bertz CT molecular complexity index is 447. The first-order valence-corrected chi connectivity index (χ1v) is 6.47. The third kappa shape index (κ3) is 2.37. The monoisotopic (exact) mass is 343 g/mol. The van der Waals surface area contributed by atoms with Crippen LogP contribution in [0.5, 0.6) is 0 Å². The van der Waals surface area contributed by atoms with E-state index in [9.17, 15) is 4.79 Å². The van der Waals surface area contributed by atoms with Gasteiger partial charge in [0.15, 0.2) is 0 Å². The zero-order valence-corrected chi connectivity index (χ0v) is 11.8. The number of hydrogen-bond donors (Lipinski definition) is 0. The highest BCUT2D eigenvalue weighted by atomic mass is 127. The van der Waals surface area contributed by atoms with Crippen LogP contribution < -0.4 is 0 Å². The summed E-state index contributed by atoms with van der Waals surface area (Å²) in [4.78, 5) is 13.7. The van der Waals surface area contributed by atoms with Gasteiger partial charge in [-0.2, -0.15) is 0 Å². The van der Waals surface area contributed by atoms with Gasteiger partial charge in [0, 0.05) is 10.1 Å². The van der Waals surface area contributed by atoms with Crippen molar-refractivity contribution in [1.82, 2.24) is 4.90 Å². The molecule has 0 N–H and O–H groups in total. The van der Waals surface area contributed by atoms with Gasteiger partial charge in [-0.25, -0.2) is 0 Å². The van der Waals surface area contributed by atoms with Crippen molar-refractivity contribution in [1.29, 1.82) is 0 Å². The van der Waals surface area contributed by atoms with Crippen molar-refractivity contribution in [3.8, 4) is 0 Å². The second kappa shape index (κ2) is 5.18. The summed E-state index contributed by atoms with van der Waals surface area (Å²) < 4.78 is 6.00. The van der Waals surface area contributed by atoms with Gasteiger partial charge in [-0.15, -0.1) is 6.58 Å². The Labute approximate surface area is 115 Å². The molecule has 0 aromatic heterocycles. The Balaban J connectivity index is 2.24. The van der Waals surface area contributed by atoms with Gasteiger partial charge in [-0.1, -0.05) is 24.3 Å². The van der Waals surface area contributed by atoms with Gasteiger partial charge in [-0.3, -0.25) is 9.69 Å². The second-order valence-corrected chi connectivity index (χ2v) is 5.08. The number of esters is 1. The highest BCUT2D eigenvalue weighted by Gasteiger charge is 2.53. The molecule has 1 fully saturated rings. The number of halogens is 1. The predicted molar refractivity (Wildman–Crippen MR) is 74.6 cm³/mol. The molecule has 17 heavy (non-hydrogen) atoms. The van der Waals surface area contributed by atoms with E-state index in [2.05, 4.69) is 46.2 Å². The highest BCUT2D eigenvalue weighted by Crippen LogP contribution is 2.44. The standard InChI is InChI=1S/C13H14INO2/c1-3-8-15-11(12(15)13(16)17-2)9-6-4-5-7-10(9)14/h3-7,11-12H,1,8H2,2H3/t11-,12-,15?/m1/s1. The molecule has 1 heterocycles. The van der Waals surface area contributed by atoms with E-state index in [-0.39, 0.29) is 18.1 Å². The summed E-state index contributed by atoms with van der Waals surface area (Å²) in [5, 5.41) is 0. The van der Waals surface area contributed by atoms with E-state index in [0.717, 1.165) is 0 Å². The molecule has 3 atom stereocenters. The Morgan fingerprint density at radius 1 is 1.59 bits per heavy atom. The molecule has 0 aliphatic carbocycles. The molecular formula is C13H14INO2. The normalized spacial score (nSPS) is 26.4. The van der Waals surface area contributed by atoms with Crippen LogP contribution in [0.3, 0.4) is 0 Å². The number of carbonyl (C=O) groups excluding carboxylic acids is 1. The Hall–Kier alpha value is -0.880. The molecule has 1 aromatic carbocycles. The van der Waals surface area contributed by atoms with Crippen LogP contribution in [0.4, 0.5) is 0 Å². The Morgan fingerprint density at radius 2 is 2.29 bits per heavy atom. The number of carbonyl (C=O) groups is 1. The molecule has 4 heteroatoms. The summed E-state index contributed by atoms with van der Waals surface area (Å²) in [5.41, 5.74) is 1.19. The van der Waals surface area contributed by atoms with Crippen LogP contribution in [-0.2, 0) is 9.53 Å². The number of rotatable bonds is 4. The van der Waals surface area contributed by atoms with Crippen molar-refractivity contribution in [3.05, 3.63) is 46.1 Å². The maximum Gasteiger partial charge on any atom is 0.325 e. The van der Waals surface area contributed by atoms with Crippen molar-refractivity contribution in [2.75, 3.05) is 13.7 Å². The van der Waals surface area contributed by atoms with E-state index in [1.165, 1.54) is 16.2 Å². The fraction of sp³-hybridized carbons (Fsp3) is 0.308. The van der Waals surface area contributed by atoms with Crippen LogP contribution >= 0.6 is 22.6 Å². The van der Waals surface area contributed by atoms with E-state index in [1.54, 1.807) is 0 Å². The van der Waals surface area contributed by atoms with Crippen LogP contribution in [-0.4, -0.2) is 30.6 Å². The molecular weight excluding hydrogens is 329 g/mol. The zero-order chi connectivity index (χ0) is 12.4. The largest absolute Gasteiger partial charge is 0.468 e. The molecule has 1 aliphatic rings. The Morgan fingerprint density at radius 3 is 2.88 bits per heavy atom. The van der Waals surface area contributed by atoms with Crippen LogP contribution in [0.15, 0.2) is 36.9 Å². The minimum atomic E-state index is -0.170. The maximum absolute atomic E-state index is 11.7. The molecule has 0 spiro atoms. The molecule has 0 saturated carbocycles. The minimum Gasteiger partial charge on any atom is -0.468 e. The quantitative estimate of drug-likeness (QED) is 0.364. The van der Waals surface area contributed by atoms with Crippen molar-refractivity contribution in [2.45, 2.75) is 12.1 Å². The Kier molecular flexibility index (Phi) is 3.83. The van der Waals surface area contributed by atoms with Crippen LogP contribution in [0, 0.1) is 3.57 Å². The van der Waals surface area contributed by atoms with Gasteiger partial charge < -0.3 is 4.74 Å². The fourth-order valence-electron chi connectivity index (χ4n) is 2.10. The summed E-state index contributed by atoms with van der Waals surface area (Å²) in [6.07, 6.45) is 1.81. The molecule has 1 unspecified atom stereocenters. The predicted octanol–water partition coefficient (Wildman–Crippen LogP) is 2.38. The van der Waals surface area contributed by atoms with E-state index < -0.39 is 0 Å². The first-order chi connectivity index (χ1) is 8.20. The highest BCUT2D eigenvalue weighted by molar-refractivity contribution is 14.1. The average Bonchev–Trinajstić information content (AvgIpc) is 3.03. The SMILES string of the molecule is C=CCN1[C@H](c2ccccc2I)[C@@H]1C(=O)OC. The third-order valence-electron chi connectivity index (χ3n) is 2.93. The van der Waals surface area contributed by atoms with Gasteiger partial charge in [0.05, 0.1) is 13.2 Å². The maximum atomic E-state index is 11.7. The topological polar surface area (TPSA) is 29.3 Å². The number of benzene rings is 1. The van der Waals surface area contributed by atoms with Gasteiger partial charge in [0.1, 0.15) is 6.04 Å². The first kappa shape index (κ1) is 12.6. The smallest absolute Gasteiger partial charge is 0.325 e. The van der Waals surface area contributed by atoms with Crippen molar-refractivity contribution < 1.29 is 9.53 Å². The molecule has 2 rings (SSSR count).